The summed E-state index contributed by atoms with van der Waals surface area (Å²) in [6.07, 6.45) is 0. The van der Waals surface area contributed by atoms with E-state index in [4.69, 9.17) is 0 Å². The van der Waals surface area contributed by atoms with Crippen LogP contribution in [0.4, 0.5) is 4.39 Å². The van der Waals surface area contributed by atoms with Gasteiger partial charge in [-0.3, -0.25) is 0 Å². The monoisotopic (exact) mass is 399 g/mol. The molecule has 2 aromatic rings. The number of halogens is 3. The summed E-state index contributed by atoms with van der Waals surface area (Å²) in [7, 11) is 0. The molecule has 0 aliphatic carbocycles. The first kappa shape index (κ1) is 15.7. The Labute approximate surface area is 135 Å². The molecular weight excluding hydrogens is 385 g/mol. The first-order chi connectivity index (χ1) is 9.49. The van der Waals surface area contributed by atoms with Gasteiger partial charge in [-0.1, -0.05) is 56.1 Å². The summed E-state index contributed by atoms with van der Waals surface area (Å²) < 4.78 is 15.8. The van der Waals surface area contributed by atoms with Gasteiger partial charge in [-0.15, -0.1) is 0 Å². The van der Waals surface area contributed by atoms with Gasteiger partial charge in [-0.25, -0.2) is 4.39 Å². The molecule has 0 saturated heterocycles. The van der Waals surface area contributed by atoms with E-state index in [0.29, 0.717) is 5.56 Å². The van der Waals surface area contributed by atoms with Gasteiger partial charge in [0.1, 0.15) is 5.82 Å². The van der Waals surface area contributed by atoms with E-state index >= 15 is 0 Å². The van der Waals surface area contributed by atoms with E-state index in [9.17, 15) is 4.39 Å². The van der Waals surface area contributed by atoms with Crippen LogP contribution in [0.2, 0.25) is 0 Å². The van der Waals surface area contributed by atoms with Crippen LogP contribution >= 0.6 is 31.9 Å². The Morgan fingerprint density at radius 3 is 2.25 bits per heavy atom. The van der Waals surface area contributed by atoms with E-state index in [1.807, 2.05) is 37.3 Å². The first-order valence-corrected chi connectivity index (χ1v) is 8.03. The Bertz CT molecular complexity index is 601. The Morgan fingerprint density at radius 1 is 0.950 bits per heavy atom. The van der Waals surface area contributed by atoms with Crippen molar-refractivity contribution < 1.29 is 4.39 Å². The fraction of sp³-hybridized carbons (Fsp3) is 0.250. The van der Waals surface area contributed by atoms with Crippen LogP contribution in [0.5, 0.6) is 0 Å². The maximum absolute atomic E-state index is 14.0. The molecule has 2 aromatic carbocycles. The van der Waals surface area contributed by atoms with Gasteiger partial charge in [-0.2, -0.15) is 0 Å². The molecule has 0 aromatic heterocycles. The van der Waals surface area contributed by atoms with E-state index in [1.54, 1.807) is 0 Å². The van der Waals surface area contributed by atoms with Crippen LogP contribution in [-0.2, 0) is 0 Å². The predicted octanol–water partition coefficient (Wildman–Crippen LogP) is 5.76. The molecule has 0 spiro atoms. The average molecular weight is 401 g/mol. The van der Waals surface area contributed by atoms with Crippen molar-refractivity contribution >= 4 is 31.9 Å². The number of benzene rings is 2. The van der Waals surface area contributed by atoms with E-state index in [2.05, 4.69) is 50.2 Å². The lowest BCUT2D eigenvalue weighted by atomic mass is 10.0. The zero-order chi connectivity index (χ0) is 14.7. The summed E-state index contributed by atoms with van der Waals surface area (Å²) >= 11 is 6.82. The van der Waals surface area contributed by atoms with Crippen molar-refractivity contribution in [3.63, 3.8) is 0 Å². The van der Waals surface area contributed by atoms with Crippen LogP contribution in [0.3, 0.4) is 0 Å². The van der Waals surface area contributed by atoms with Gasteiger partial charge in [0.2, 0.25) is 0 Å². The molecule has 2 atom stereocenters. The van der Waals surface area contributed by atoms with E-state index in [-0.39, 0.29) is 17.9 Å². The van der Waals surface area contributed by atoms with E-state index in [0.717, 1.165) is 14.5 Å². The molecule has 1 N–H and O–H groups in total. The van der Waals surface area contributed by atoms with E-state index < -0.39 is 0 Å². The number of rotatable bonds is 4. The second-order valence-corrected chi connectivity index (χ2v) is 6.57. The van der Waals surface area contributed by atoms with Gasteiger partial charge in [-0.05, 0) is 37.6 Å². The summed E-state index contributed by atoms with van der Waals surface area (Å²) in [5.74, 6) is -0.196. The van der Waals surface area contributed by atoms with Crippen LogP contribution in [0.1, 0.15) is 37.1 Å². The summed E-state index contributed by atoms with van der Waals surface area (Å²) in [6.45, 7) is 4.05. The fourth-order valence-electron chi connectivity index (χ4n) is 2.23. The van der Waals surface area contributed by atoms with Crippen LogP contribution in [0, 0.1) is 5.82 Å². The quantitative estimate of drug-likeness (QED) is 0.687. The van der Waals surface area contributed by atoms with Crippen molar-refractivity contribution in [1.29, 1.82) is 0 Å². The lowest BCUT2D eigenvalue weighted by Gasteiger charge is -2.22. The van der Waals surface area contributed by atoms with Gasteiger partial charge >= 0.3 is 0 Å². The third-order valence-electron chi connectivity index (χ3n) is 3.30. The minimum atomic E-state index is -0.196. The van der Waals surface area contributed by atoms with Crippen LogP contribution in [0.15, 0.2) is 51.4 Å². The maximum atomic E-state index is 14.0. The minimum Gasteiger partial charge on any atom is -0.304 e. The highest BCUT2D eigenvalue weighted by Gasteiger charge is 2.15. The highest BCUT2D eigenvalue weighted by atomic mass is 79.9. The molecule has 0 saturated carbocycles. The molecule has 0 bridgehead atoms. The Hall–Kier alpha value is -0.710. The molecule has 106 valence electrons. The largest absolute Gasteiger partial charge is 0.304 e. The molecule has 1 unspecified atom stereocenters. The molecule has 20 heavy (non-hydrogen) atoms. The second kappa shape index (κ2) is 6.83. The lowest BCUT2D eigenvalue weighted by Crippen LogP contribution is -2.23. The number of hydrogen-bond acceptors (Lipinski definition) is 1. The zero-order valence-electron chi connectivity index (χ0n) is 11.3. The summed E-state index contributed by atoms with van der Waals surface area (Å²) in [5.41, 5.74) is 1.84. The van der Waals surface area contributed by atoms with Crippen molar-refractivity contribution in [2.75, 3.05) is 0 Å². The van der Waals surface area contributed by atoms with Gasteiger partial charge in [0, 0.05) is 26.6 Å². The van der Waals surface area contributed by atoms with Crippen molar-refractivity contribution in [3.05, 3.63) is 68.4 Å². The first-order valence-electron chi connectivity index (χ1n) is 6.44. The molecule has 0 aliphatic heterocycles. The van der Waals surface area contributed by atoms with Gasteiger partial charge in [0.25, 0.3) is 0 Å². The van der Waals surface area contributed by atoms with Crippen molar-refractivity contribution in [2.45, 2.75) is 25.9 Å². The van der Waals surface area contributed by atoms with Crippen molar-refractivity contribution in [2.24, 2.45) is 0 Å². The standard InChI is InChI=1S/C16H16Br2FN/c1-10(13-5-3-4-6-15(13)18)20-11(2)14-8-7-12(17)9-16(14)19/h3-11,20H,1-2H3/t10-,11?/m1/s1. The summed E-state index contributed by atoms with van der Waals surface area (Å²) in [6, 6.07) is 13.3. The topological polar surface area (TPSA) is 12.0 Å². The highest BCUT2D eigenvalue weighted by Crippen LogP contribution is 2.27. The maximum Gasteiger partial charge on any atom is 0.129 e. The third-order valence-corrected chi connectivity index (χ3v) is 4.52. The molecule has 4 heteroatoms. The van der Waals surface area contributed by atoms with E-state index in [1.165, 1.54) is 6.07 Å². The summed E-state index contributed by atoms with van der Waals surface area (Å²) in [5, 5.41) is 3.43. The normalized spacial score (nSPS) is 14.1. The Balaban J connectivity index is 2.15. The molecule has 0 heterocycles. The smallest absolute Gasteiger partial charge is 0.129 e. The Kier molecular flexibility index (Phi) is 5.35. The van der Waals surface area contributed by atoms with Gasteiger partial charge < -0.3 is 5.32 Å². The second-order valence-electron chi connectivity index (χ2n) is 4.80. The molecule has 0 fully saturated rings. The lowest BCUT2D eigenvalue weighted by molar-refractivity contribution is 0.473. The molecule has 1 nitrogen and oxygen atoms in total. The molecule has 0 radical (unpaired) electrons. The van der Waals surface area contributed by atoms with Crippen molar-refractivity contribution in [3.8, 4) is 0 Å². The predicted molar refractivity (Wildman–Crippen MR) is 88.2 cm³/mol. The minimum absolute atomic E-state index is 0.0646. The molecular formula is C16H16Br2FN. The van der Waals surface area contributed by atoms with Crippen LogP contribution in [0.25, 0.3) is 0 Å². The SMILES string of the molecule is CC(N[C@H](C)c1ccccc1Br)c1ccc(Br)cc1F. The van der Waals surface area contributed by atoms with Crippen molar-refractivity contribution in [1.82, 2.24) is 5.32 Å². The summed E-state index contributed by atoms with van der Waals surface area (Å²) in [4.78, 5) is 0. The third kappa shape index (κ3) is 3.68. The zero-order valence-corrected chi connectivity index (χ0v) is 14.5. The molecule has 0 aliphatic rings. The fourth-order valence-corrected chi connectivity index (χ4v) is 3.19. The van der Waals surface area contributed by atoms with Gasteiger partial charge in [0.05, 0.1) is 0 Å². The molecule has 2 rings (SSSR count). The Morgan fingerprint density at radius 2 is 1.60 bits per heavy atom. The average Bonchev–Trinajstić information content (AvgIpc) is 2.38. The number of hydrogen-bond donors (Lipinski definition) is 1. The molecule has 0 amide bonds. The van der Waals surface area contributed by atoms with Crippen LogP contribution in [-0.4, -0.2) is 0 Å². The van der Waals surface area contributed by atoms with Crippen LogP contribution < -0.4 is 5.32 Å². The van der Waals surface area contributed by atoms with Gasteiger partial charge in [0.15, 0.2) is 0 Å². The highest BCUT2D eigenvalue weighted by molar-refractivity contribution is 9.10. The number of nitrogens with one attached hydrogen (secondary N) is 1.